The molecule has 0 spiro atoms. The van der Waals surface area contributed by atoms with Crippen LogP contribution in [-0.4, -0.2) is 50.0 Å². The first-order chi connectivity index (χ1) is 12.4. The molecule has 0 aromatic heterocycles. The molecule has 6 nitrogen and oxygen atoms in total. The van der Waals surface area contributed by atoms with Gasteiger partial charge in [-0.25, -0.2) is 14.4 Å². The molecule has 0 aromatic rings. The lowest BCUT2D eigenvalue weighted by Gasteiger charge is -2.46. The van der Waals surface area contributed by atoms with Gasteiger partial charge in [-0.2, -0.15) is 13.2 Å². The molecule has 0 fully saturated rings. The summed E-state index contributed by atoms with van der Waals surface area (Å²) < 4.78 is 62.7. The van der Waals surface area contributed by atoms with Crippen LogP contribution in [0.1, 0.15) is 20.8 Å². The van der Waals surface area contributed by atoms with Gasteiger partial charge >= 0.3 is 6.18 Å². The van der Waals surface area contributed by atoms with Gasteiger partial charge in [-0.15, -0.1) is 0 Å². The van der Waals surface area contributed by atoms with Crippen molar-refractivity contribution in [3.8, 4) is 0 Å². The lowest BCUT2D eigenvalue weighted by atomic mass is 9.68. The average molecular weight is 413 g/mol. The van der Waals surface area contributed by atoms with Crippen molar-refractivity contribution in [1.29, 1.82) is 0 Å². The molecule has 1 aliphatic rings. The van der Waals surface area contributed by atoms with Gasteiger partial charge in [-0.1, -0.05) is 17.7 Å². The van der Waals surface area contributed by atoms with Gasteiger partial charge in [-0.05, 0) is 27.5 Å². The predicted molar refractivity (Wildman–Crippen MR) is 96.7 cm³/mol. The van der Waals surface area contributed by atoms with Gasteiger partial charge in [0.2, 0.25) is 0 Å². The van der Waals surface area contributed by atoms with E-state index in [2.05, 4.69) is 21.7 Å². The number of hydrogen-bond acceptors (Lipinski definition) is 6. The maximum atomic E-state index is 14.9. The summed E-state index contributed by atoms with van der Waals surface area (Å²) in [5, 5.41) is -0.111. The molecule has 2 N–H and O–H groups in total. The monoisotopic (exact) mass is 412 g/mol. The van der Waals surface area contributed by atoms with Crippen molar-refractivity contribution in [3.63, 3.8) is 0 Å². The lowest BCUT2D eigenvalue weighted by Crippen LogP contribution is -2.59. The summed E-state index contributed by atoms with van der Waals surface area (Å²) in [6, 6.07) is -0.303. The molecule has 3 atom stereocenters. The number of aliphatic imine (C=N–C) groups is 3. The minimum atomic E-state index is -4.58. The van der Waals surface area contributed by atoms with E-state index in [-0.39, 0.29) is 17.8 Å². The van der Waals surface area contributed by atoms with E-state index in [0.29, 0.717) is 0 Å². The number of halogens is 5. The van der Waals surface area contributed by atoms with E-state index in [1.54, 1.807) is 0 Å². The fourth-order valence-electron chi connectivity index (χ4n) is 2.55. The zero-order chi connectivity index (χ0) is 20.9. The topological polar surface area (TPSA) is 81.6 Å². The Labute approximate surface area is 159 Å². The third-order valence-corrected chi connectivity index (χ3v) is 4.44. The molecule has 0 aliphatic carbocycles. The van der Waals surface area contributed by atoms with Gasteiger partial charge < -0.3 is 15.2 Å². The second-order valence-electron chi connectivity index (χ2n) is 6.05. The van der Waals surface area contributed by atoms with Crippen LogP contribution in [0.2, 0.25) is 0 Å². The Morgan fingerprint density at radius 2 is 2.19 bits per heavy atom. The van der Waals surface area contributed by atoms with Gasteiger partial charge in [0.1, 0.15) is 35.8 Å². The van der Waals surface area contributed by atoms with Crippen LogP contribution in [0.15, 0.2) is 38.2 Å². The Morgan fingerprint density at radius 1 is 1.56 bits per heavy atom. The highest BCUT2D eigenvalue weighted by molar-refractivity contribution is 6.29. The molecule has 1 heterocycles. The Bertz CT molecular complexity index is 678. The maximum absolute atomic E-state index is 14.9. The third-order valence-electron chi connectivity index (χ3n) is 4.25. The fraction of sp³-hybridized carbons (Fsp3) is 0.562. The van der Waals surface area contributed by atoms with Crippen LogP contribution < -0.4 is 5.73 Å². The van der Waals surface area contributed by atoms with Crippen LogP contribution >= 0.6 is 11.6 Å². The van der Waals surface area contributed by atoms with E-state index in [0.717, 1.165) is 18.5 Å². The van der Waals surface area contributed by atoms with E-state index in [9.17, 15) is 17.6 Å². The highest BCUT2D eigenvalue weighted by atomic mass is 35.5. The van der Waals surface area contributed by atoms with Gasteiger partial charge in [0.25, 0.3) is 6.02 Å². The highest BCUT2D eigenvalue weighted by Gasteiger charge is 2.55. The van der Waals surface area contributed by atoms with Crippen LogP contribution in [0.3, 0.4) is 0 Å². The van der Waals surface area contributed by atoms with Crippen molar-refractivity contribution in [1.82, 2.24) is 0 Å². The number of allylic oxidation sites excluding steroid dienone is 1. The minimum Gasteiger partial charge on any atom is -0.463 e. The summed E-state index contributed by atoms with van der Waals surface area (Å²) in [6.07, 6.45) is -2.47. The molecule has 1 unspecified atom stereocenters. The molecule has 0 aromatic carbocycles. The van der Waals surface area contributed by atoms with Crippen molar-refractivity contribution in [3.05, 3.63) is 23.3 Å². The SMILES string of the molecule is C=N/C=C(Cl)\N=C/C(C)(/C(F)=C\C)[C@@]1(C)N=C(N)OC[C@@H]1OCC(F)(F)F. The van der Waals surface area contributed by atoms with E-state index >= 15 is 0 Å². The number of ether oxygens (including phenoxy) is 2. The molecule has 0 radical (unpaired) electrons. The van der Waals surface area contributed by atoms with Gasteiger partial charge in [0.15, 0.2) is 0 Å². The normalized spacial score (nSPS) is 27.1. The number of nitrogens with two attached hydrogens (primary N) is 1. The quantitative estimate of drug-likeness (QED) is 0.393. The van der Waals surface area contributed by atoms with Crippen LogP contribution in [-0.2, 0) is 9.47 Å². The van der Waals surface area contributed by atoms with E-state index < -0.39 is 35.7 Å². The first kappa shape index (κ1) is 23.1. The van der Waals surface area contributed by atoms with Crippen LogP contribution in [0.5, 0.6) is 0 Å². The minimum absolute atomic E-state index is 0.111. The molecular weight excluding hydrogens is 392 g/mol. The second-order valence-corrected chi connectivity index (χ2v) is 6.44. The summed E-state index contributed by atoms with van der Waals surface area (Å²) >= 11 is 5.83. The molecular formula is C16H21ClF4N4O2. The molecule has 0 amide bonds. The van der Waals surface area contributed by atoms with Crippen LogP contribution in [0, 0.1) is 5.41 Å². The Kier molecular flexibility index (Phi) is 7.56. The Morgan fingerprint density at radius 3 is 2.70 bits per heavy atom. The summed E-state index contributed by atoms with van der Waals surface area (Å²) in [4.78, 5) is 11.4. The van der Waals surface area contributed by atoms with Gasteiger partial charge in [0.05, 0.1) is 11.6 Å². The summed E-state index contributed by atoms with van der Waals surface area (Å²) in [5.41, 5.74) is 2.34. The summed E-state index contributed by atoms with van der Waals surface area (Å²) in [5.74, 6) is -0.719. The summed E-state index contributed by atoms with van der Waals surface area (Å²) in [6.45, 7) is 5.53. The van der Waals surface area contributed by atoms with Gasteiger partial charge in [-0.3, -0.25) is 4.99 Å². The number of nitrogens with zero attached hydrogens (tertiary/aromatic N) is 3. The zero-order valence-corrected chi connectivity index (χ0v) is 15.8. The number of hydrogen-bond donors (Lipinski definition) is 1. The highest BCUT2D eigenvalue weighted by Crippen LogP contribution is 2.45. The molecule has 1 rings (SSSR count). The fourth-order valence-corrected chi connectivity index (χ4v) is 2.66. The molecule has 0 bridgehead atoms. The molecule has 1 aliphatic heterocycles. The Hall–Kier alpha value is -1.94. The largest absolute Gasteiger partial charge is 0.463 e. The molecule has 27 heavy (non-hydrogen) atoms. The molecule has 0 saturated heterocycles. The number of alkyl halides is 3. The predicted octanol–water partition coefficient (Wildman–Crippen LogP) is 3.73. The van der Waals surface area contributed by atoms with Crippen molar-refractivity contribution < 1.29 is 27.0 Å². The third kappa shape index (κ3) is 5.52. The molecule has 11 heteroatoms. The van der Waals surface area contributed by atoms with E-state index in [4.69, 9.17) is 26.8 Å². The lowest BCUT2D eigenvalue weighted by molar-refractivity contribution is -0.199. The van der Waals surface area contributed by atoms with Crippen molar-refractivity contribution in [2.24, 2.45) is 26.1 Å². The van der Waals surface area contributed by atoms with E-state index in [1.165, 1.54) is 20.8 Å². The van der Waals surface area contributed by atoms with Crippen molar-refractivity contribution >= 4 is 30.6 Å². The second kappa shape index (κ2) is 8.83. The smallest absolute Gasteiger partial charge is 0.411 e. The summed E-state index contributed by atoms with van der Waals surface area (Å²) in [7, 11) is 0. The molecule has 0 saturated carbocycles. The molecule has 152 valence electrons. The average Bonchev–Trinajstić information content (AvgIpc) is 2.57. The van der Waals surface area contributed by atoms with Crippen LogP contribution in [0.4, 0.5) is 17.6 Å². The first-order valence-electron chi connectivity index (χ1n) is 7.75. The zero-order valence-electron chi connectivity index (χ0n) is 15.1. The number of rotatable bonds is 7. The van der Waals surface area contributed by atoms with Crippen molar-refractivity contribution in [2.75, 3.05) is 13.2 Å². The van der Waals surface area contributed by atoms with Crippen LogP contribution in [0.25, 0.3) is 0 Å². The Balaban J connectivity index is 3.45. The van der Waals surface area contributed by atoms with Gasteiger partial charge in [0, 0.05) is 6.21 Å². The maximum Gasteiger partial charge on any atom is 0.411 e. The standard InChI is InChI=1S/C16H21ClF4N4O2/c1-5-10(18)14(2,8-24-12(17)6-23-4)15(3)11(7-26-13(22)25-15)27-9-16(19,20)21/h5-6,8,11H,4,7,9H2,1-3H3,(H2,22,25)/b10-5+,12-6-,24-8-/t11-,14?,15-/m0/s1. The first-order valence-corrected chi connectivity index (χ1v) is 8.13. The van der Waals surface area contributed by atoms with Crippen molar-refractivity contribution in [2.45, 2.75) is 38.6 Å². The number of amidine groups is 1. The van der Waals surface area contributed by atoms with E-state index in [1.807, 2.05) is 0 Å².